The van der Waals surface area contributed by atoms with E-state index < -0.39 is 11.7 Å². The molecule has 0 radical (unpaired) electrons. The Morgan fingerprint density at radius 1 is 1.12 bits per heavy atom. The summed E-state index contributed by atoms with van der Waals surface area (Å²) in [5.74, 6) is 0.747. The molecular weight excluding hydrogens is 469 g/mol. The van der Waals surface area contributed by atoms with Crippen molar-refractivity contribution < 1.29 is 27.8 Å². The maximum absolute atomic E-state index is 12.8. The predicted octanol–water partition coefficient (Wildman–Crippen LogP) is 6.35. The van der Waals surface area contributed by atoms with Crippen LogP contribution in [0, 0.1) is 5.92 Å². The van der Waals surface area contributed by atoms with Crippen molar-refractivity contribution in [1.82, 2.24) is 9.88 Å². The molecule has 0 saturated carbocycles. The zero-order chi connectivity index (χ0) is 24.3. The summed E-state index contributed by atoms with van der Waals surface area (Å²) >= 11 is 6.12. The van der Waals surface area contributed by atoms with E-state index >= 15 is 0 Å². The minimum atomic E-state index is -4.44. The predicted molar refractivity (Wildman–Crippen MR) is 121 cm³/mol. The molecule has 0 unspecified atom stereocenters. The number of phenols is 1. The summed E-state index contributed by atoms with van der Waals surface area (Å²) in [7, 11) is 0. The number of piperidine rings is 1. The molecule has 3 aromatic rings. The number of halogens is 4. The normalized spacial score (nSPS) is 14.8. The molecule has 1 fully saturated rings. The maximum atomic E-state index is 12.8. The van der Waals surface area contributed by atoms with E-state index in [0.29, 0.717) is 35.3 Å². The Bertz CT molecular complexity index is 1160. The van der Waals surface area contributed by atoms with Crippen LogP contribution in [0.1, 0.15) is 34.3 Å². The Labute approximate surface area is 199 Å². The SMILES string of the molecule is O=C(c1cc(O)ccc1Cl)N1CCC(Cc2cccc(Oc3ccc(C(F)(F)F)cn3)c2)CC1. The van der Waals surface area contributed by atoms with E-state index in [1.807, 2.05) is 18.2 Å². The number of pyridine rings is 1. The van der Waals surface area contributed by atoms with Gasteiger partial charge in [-0.15, -0.1) is 0 Å². The van der Waals surface area contributed by atoms with Crippen molar-refractivity contribution in [3.05, 3.63) is 82.5 Å². The number of alkyl halides is 3. The van der Waals surface area contributed by atoms with Crippen LogP contribution >= 0.6 is 11.6 Å². The Kier molecular flexibility index (Phi) is 6.97. The number of rotatable bonds is 5. The first-order chi connectivity index (χ1) is 16.2. The number of hydrogen-bond acceptors (Lipinski definition) is 4. The van der Waals surface area contributed by atoms with Gasteiger partial charge in [0, 0.05) is 25.4 Å². The summed E-state index contributed by atoms with van der Waals surface area (Å²) in [6.45, 7) is 1.17. The van der Waals surface area contributed by atoms with Gasteiger partial charge in [-0.25, -0.2) is 4.98 Å². The lowest BCUT2D eigenvalue weighted by Crippen LogP contribution is -2.39. The molecule has 0 aliphatic carbocycles. The smallest absolute Gasteiger partial charge is 0.417 e. The molecule has 1 aliphatic heterocycles. The second-order valence-corrected chi connectivity index (χ2v) is 8.64. The molecule has 2 heterocycles. The lowest BCUT2D eigenvalue weighted by atomic mass is 9.90. The van der Waals surface area contributed by atoms with Crippen LogP contribution in [0.15, 0.2) is 60.8 Å². The van der Waals surface area contributed by atoms with Crippen molar-refractivity contribution in [3.8, 4) is 17.4 Å². The van der Waals surface area contributed by atoms with Crippen LogP contribution in [0.5, 0.6) is 17.4 Å². The van der Waals surface area contributed by atoms with Crippen LogP contribution in [0.2, 0.25) is 5.02 Å². The van der Waals surface area contributed by atoms with Crippen LogP contribution in [-0.4, -0.2) is 34.0 Å². The number of likely N-dealkylation sites (tertiary alicyclic amines) is 1. The van der Waals surface area contributed by atoms with Gasteiger partial charge in [0.1, 0.15) is 11.5 Å². The lowest BCUT2D eigenvalue weighted by molar-refractivity contribution is -0.137. The molecule has 34 heavy (non-hydrogen) atoms. The highest BCUT2D eigenvalue weighted by molar-refractivity contribution is 6.33. The van der Waals surface area contributed by atoms with Gasteiger partial charge in [-0.2, -0.15) is 13.2 Å². The van der Waals surface area contributed by atoms with Gasteiger partial charge in [0.15, 0.2) is 0 Å². The fraction of sp³-hybridized carbons (Fsp3) is 0.280. The van der Waals surface area contributed by atoms with Gasteiger partial charge < -0.3 is 14.7 Å². The number of phenolic OH excluding ortho intramolecular Hbond substituents is 1. The molecular formula is C25H22ClF3N2O3. The number of carbonyl (C=O) groups is 1. The molecule has 1 amide bonds. The van der Waals surface area contributed by atoms with Crippen LogP contribution in [0.4, 0.5) is 13.2 Å². The second-order valence-electron chi connectivity index (χ2n) is 8.24. The molecule has 2 aromatic carbocycles. The number of aromatic hydroxyl groups is 1. The highest BCUT2D eigenvalue weighted by atomic mass is 35.5. The summed E-state index contributed by atoms with van der Waals surface area (Å²) in [5.41, 5.74) is 0.497. The molecule has 0 bridgehead atoms. The molecule has 1 aliphatic rings. The number of hydrogen-bond donors (Lipinski definition) is 1. The number of nitrogens with zero attached hydrogens (tertiary/aromatic N) is 2. The summed E-state index contributed by atoms with van der Waals surface area (Å²) in [5, 5.41) is 9.97. The van der Waals surface area contributed by atoms with Crippen LogP contribution in [-0.2, 0) is 12.6 Å². The zero-order valence-electron chi connectivity index (χ0n) is 18.1. The number of amides is 1. The number of benzene rings is 2. The van der Waals surface area contributed by atoms with E-state index in [1.165, 1.54) is 24.3 Å². The largest absolute Gasteiger partial charge is 0.508 e. The molecule has 1 saturated heterocycles. The minimum Gasteiger partial charge on any atom is -0.508 e. The second kappa shape index (κ2) is 9.93. The van der Waals surface area contributed by atoms with E-state index in [-0.39, 0.29) is 17.5 Å². The van der Waals surface area contributed by atoms with Crippen LogP contribution < -0.4 is 4.74 Å². The van der Waals surface area contributed by atoms with Gasteiger partial charge in [-0.05, 0) is 67.1 Å². The van der Waals surface area contributed by atoms with Crippen LogP contribution in [0.3, 0.4) is 0 Å². The molecule has 1 N–H and O–H groups in total. The molecule has 178 valence electrons. The molecule has 0 spiro atoms. The Morgan fingerprint density at radius 2 is 1.88 bits per heavy atom. The van der Waals surface area contributed by atoms with Crippen molar-refractivity contribution in [2.24, 2.45) is 5.92 Å². The minimum absolute atomic E-state index is 0.00349. The first kappa shape index (κ1) is 23.9. The van der Waals surface area contributed by atoms with Gasteiger partial charge >= 0.3 is 6.18 Å². The first-order valence-corrected chi connectivity index (χ1v) is 11.1. The molecule has 1 aromatic heterocycles. The van der Waals surface area contributed by atoms with E-state index in [9.17, 15) is 23.1 Å². The fourth-order valence-electron chi connectivity index (χ4n) is 3.99. The summed E-state index contributed by atoms with van der Waals surface area (Å²) in [6.07, 6.45) is -1.28. The molecule has 5 nitrogen and oxygen atoms in total. The van der Waals surface area contributed by atoms with Gasteiger partial charge in [-0.1, -0.05) is 23.7 Å². The lowest BCUT2D eigenvalue weighted by Gasteiger charge is -2.32. The third kappa shape index (κ3) is 5.80. The van der Waals surface area contributed by atoms with Gasteiger partial charge in [-0.3, -0.25) is 4.79 Å². The third-order valence-corrected chi connectivity index (χ3v) is 6.12. The van der Waals surface area contributed by atoms with Gasteiger partial charge in [0.05, 0.1) is 16.1 Å². The fourth-order valence-corrected chi connectivity index (χ4v) is 4.18. The van der Waals surface area contributed by atoms with E-state index in [0.717, 1.165) is 37.1 Å². The number of aromatic nitrogens is 1. The summed E-state index contributed by atoms with van der Waals surface area (Å²) in [6, 6.07) is 13.8. The summed E-state index contributed by atoms with van der Waals surface area (Å²) in [4.78, 5) is 18.3. The van der Waals surface area contributed by atoms with Crippen molar-refractivity contribution in [3.63, 3.8) is 0 Å². The van der Waals surface area contributed by atoms with Crippen LogP contribution in [0.25, 0.3) is 0 Å². The highest BCUT2D eigenvalue weighted by Gasteiger charge is 2.30. The Morgan fingerprint density at radius 3 is 2.56 bits per heavy atom. The third-order valence-electron chi connectivity index (χ3n) is 5.79. The average Bonchev–Trinajstić information content (AvgIpc) is 2.81. The molecule has 4 rings (SSSR count). The van der Waals surface area contributed by atoms with Crippen molar-refractivity contribution in [2.75, 3.05) is 13.1 Å². The molecule has 9 heteroatoms. The zero-order valence-corrected chi connectivity index (χ0v) is 18.8. The van der Waals surface area contributed by atoms with Gasteiger partial charge in [0.2, 0.25) is 5.88 Å². The van der Waals surface area contributed by atoms with Crippen molar-refractivity contribution in [1.29, 1.82) is 0 Å². The molecule has 0 atom stereocenters. The standard InChI is InChI=1S/C25H22ClF3N2O3/c26-22-6-5-19(32)14-21(22)24(33)31-10-8-16(9-11-31)12-17-2-1-3-20(13-17)34-23-7-4-18(15-30-23)25(27,28)29/h1-7,13-16,32H,8-12H2. The van der Waals surface area contributed by atoms with E-state index in [4.69, 9.17) is 16.3 Å². The number of ether oxygens (including phenoxy) is 1. The van der Waals surface area contributed by atoms with Crippen molar-refractivity contribution in [2.45, 2.75) is 25.4 Å². The van der Waals surface area contributed by atoms with Gasteiger partial charge in [0.25, 0.3) is 5.91 Å². The maximum Gasteiger partial charge on any atom is 0.417 e. The Hall–Kier alpha value is -3.26. The number of carbonyl (C=O) groups excluding carboxylic acids is 1. The summed E-state index contributed by atoms with van der Waals surface area (Å²) < 4.78 is 43.7. The van der Waals surface area contributed by atoms with E-state index in [2.05, 4.69) is 4.98 Å². The average molecular weight is 491 g/mol. The van der Waals surface area contributed by atoms with E-state index in [1.54, 1.807) is 11.0 Å². The highest BCUT2D eigenvalue weighted by Crippen LogP contribution is 2.31. The van der Waals surface area contributed by atoms with Crippen molar-refractivity contribution >= 4 is 17.5 Å². The Balaban J connectivity index is 1.33. The quantitative estimate of drug-likeness (QED) is 0.453. The first-order valence-electron chi connectivity index (χ1n) is 10.8. The topological polar surface area (TPSA) is 62.7 Å². The monoisotopic (exact) mass is 490 g/mol.